The van der Waals surface area contributed by atoms with Gasteiger partial charge in [0.05, 0.1) is 5.56 Å². The number of carboxylic acid groups (broad SMARTS) is 1. The van der Waals surface area contributed by atoms with Gasteiger partial charge < -0.3 is 29.1 Å². The molecule has 5 rings (SSSR count). The molecule has 3 N–H and O–H groups in total. The zero-order valence-corrected chi connectivity index (χ0v) is 17.8. The summed E-state index contributed by atoms with van der Waals surface area (Å²) in [5.41, 5.74) is 2.54. The Morgan fingerprint density at radius 2 is 1.65 bits per heavy atom. The Balaban J connectivity index is 1.50. The van der Waals surface area contributed by atoms with Gasteiger partial charge in [0.15, 0.2) is 11.9 Å². The quantitative estimate of drug-likeness (QED) is 0.263. The van der Waals surface area contributed by atoms with Crippen LogP contribution >= 0.6 is 0 Å². The Labute approximate surface area is 191 Å². The lowest BCUT2D eigenvalue weighted by atomic mass is 10.1. The fourth-order valence-corrected chi connectivity index (χ4v) is 3.65. The SMILES string of the molecule is CN(c1ccc(C(O)O)cc1)c1ccc2cc(-c3nc4cc(C(=O)O)ccc4o3)c(=O)oc2c1. The van der Waals surface area contributed by atoms with Crippen molar-refractivity contribution in [3.05, 3.63) is 88.3 Å². The molecular formula is C25H18N2O7. The van der Waals surface area contributed by atoms with Crippen molar-refractivity contribution in [2.45, 2.75) is 6.29 Å². The molecule has 0 bridgehead atoms. The van der Waals surface area contributed by atoms with Gasteiger partial charge in [0.2, 0.25) is 5.89 Å². The van der Waals surface area contributed by atoms with E-state index in [4.69, 9.17) is 13.9 Å². The largest absolute Gasteiger partial charge is 0.478 e. The van der Waals surface area contributed by atoms with E-state index in [1.807, 2.05) is 18.0 Å². The highest BCUT2D eigenvalue weighted by atomic mass is 16.5. The second-order valence-corrected chi connectivity index (χ2v) is 7.70. The first-order valence-electron chi connectivity index (χ1n) is 10.2. The van der Waals surface area contributed by atoms with Gasteiger partial charge in [-0.15, -0.1) is 0 Å². The number of carboxylic acids is 1. The van der Waals surface area contributed by atoms with Crippen molar-refractivity contribution in [3.63, 3.8) is 0 Å². The number of fused-ring (bicyclic) bond motifs is 2. The zero-order valence-electron chi connectivity index (χ0n) is 17.8. The molecule has 170 valence electrons. The van der Waals surface area contributed by atoms with Crippen molar-refractivity contribution in [1.82, 2.24) is 4.98 Å². The van der Waals surface area contributed by atoms with Gasteiger partial charge in [-0.3, -0.25) is 0 Å². The van der Waals surface area contributed by atoms with E-state index in [2.05, 4.69) is 4.98 Å². The normalized spacial score (nSPS) is 11.4. The minimum Gasteiger partial charge on any atom is -0.478 e. The molecule has 0 aliphatic rings. The number of anilines is 2. The fourth-order valence-electron chi connectivity index (χ4n) is 3.65. The molecule has 3 aromatic carbocycles. The van der Waals surface area contributed by atoms with Crippen LogP contribution in [0.25, 0.3) is 33.5 Å². The molecule has 2 heterocycles. The van der Waals surface area contributed by atoms with Gasteiger partial charge in [-0.25, -0.2) is 14.6 Å². The van der Waals surface area contributed by atoms with E-state index in [0.29, 0.717) is 27.6 Å². The molecule has 0 aliphatic heterocycles. The first kappa shape index (κ1) is 21.4. The van der Waals surface area contributed by atoms with Crippen LogP contribution in [0.5, 0.6) is 0 Å². The van der Waals surface area contributed by atoms with Gasteiger partial charge in [0.1, 0.15) is 16.7 Å². The van der Waals surface area contributed by atoms with Crippen LogP contribution in [0.4, 0.5) is 11.4 Å². The third kappa shape index (κ3) is 3.79. The molecule has 2 aromatic heterocycles. The van der Waals surface area contributed by atoms with Crippen LogP contribution in [0.1, 0.15) is 22.2 Å². The summed E-state index contributed by atoms with van der Waals surface area (Å²) in [4.78, 5) is 30.0. The Kier molecular flexibility index (Phi) is 5.12. The third-order valence-electron chi connectivity index (χ3n) is 5.55. The number of carbonyl (C=O) groups is 1. The summed E-state index contributed by atoms with van der Waals surface area (Å²) >= 11 is 0. The number of hydrogen-bond donors (Lipinski definition) is 3. The Hall–Kier alpha value is -4.47. The zero-order chi connectivity index (χ0) is 24.0. The third-order valence-corrected chi connectivity index (χ3v) is 5.55. The summed E-state index contributed by atoms with van der Waals surface area (Å²) in [6, 6.07) is 18.0. The number of rotatable bonds is 5. The lowest BCUT2D eigenvalue weighted by Crippen LogP contribution is -2.10. The van der Waals surface area contributed by atoms with E-state index in [9.17, 15) is 19.8 Å². The van der Waals surface area contributed by atoms with Crippen molar-refractivity contribution >= 4 is 39.4 Å². The van der Waals surface area contributed by atoms with Crippen molar-refractivity contribution in [2.24, 2.45) is 0 Å². The van der Waals surface area contributed by atoms with Gasteiger partial charge >= 0.3 is 11.6 Å². The molecular weight excluding hydrogens is 440 g/mol. The predicted molar refractivity (Wildman–Crippen MR) is 124 cm³/mol. The smallest absolute Gasteiger partial charge is 0.349 e. The fraction of sp³-hybridized carbons (Fsp3) is 0.0800. The number of nitrogens with zero attached hydrogens (tertiary/aromatic N) is 2. The molecule has 0 atom stereocenters. The molecule has 9 heteroatoms. The highest BCUT2D eigenvalue weighted by Gasteiger charge is 2.17. The van der Waals surface area contributed by atoms with Crippen LogP contribution in [-0.4, -0.2) is 33.3 Å². The second kappa shape index (κ2) is 8.14. The lowest BCUT2D eigenvalue weighted by Gasteiger charge is -2.20. The maximum Gasteiger partial charge on any atom is 0.349 e. The summed E-state index contributed by atoms with van der Waals surface area (Å²) in [6.45, 7) is 0. The molecule has 0 unspecified atom stereocenters. The lowest BCUT2D eigenvalue weighted by molar-refractivity contribution is -0.0424. The van der Waals surface area contributed by atoms with Gasteiger partial charge in [0, 0.05) is 35.4 Å². The highest BCUT2D eigenvalue weighted by Crippen LogP contribution is 2.30. The van der Waals surface area contributed by atoms with Crippen LogP contribution in [0, 0.1) is 0 Å². The van der Waals surface area contributed by atoms with Gasteiger partial charge in [-0.2, -0.15) is 0 Å². The maximum absolute atomic E-state index is 12.7. The average molecular weight is 458 g/mol. The average Bonchev–Trinajstić information content (AvgIpc) is 3.26. The Bertz CT molecular complexity index is 1600. The number of benzene rings is 3. The monoisotopic (exact) mass is 458 g/mol. The number of aromatic carboxylic acids is 1. The van der Waals surface area contributed by atoms with Crippen LogP contribution < -0.4 is 10.5 Å². The first-order chi connectivity index (χ1) is 16.3. The van der Waals surface area contributed by atoms with E-state index in [-0.39, 0.29) is 17.0 Å². The van der Waals surface area contributed by atoms with E-state index in [0.717, 1.165) is 11.4 Å². The molecule has 34 heavy (non-hydrogen) atoms. The van der Waals surface area contributed by atoms with Crippen molar-refractivity contribution in [2.75, 3.05) is 11.9 Å². The van der Waals surface area contributed by atoms with Crippen LogP contribution in [0.15, 0.2) is 80.4 Å². The van der Waals surface area contributed by atoms with Gasteiger partial charge in [-0.05, 0) is 48.5 Å². The van der Waals surface area contributed by atoms with Crippen molar-refractivity contribution in [1.29, 1.82) is 0 Å². The van der Waals surface area contributed by atoms with Crippen molar-refractivity contribution < 1.29 is 28.9 Å². The molecule has 0 fully saturated rings. The summed E-state index contributed by atoms with van der Waals surface area (Å²) in [5.74, 6) is -1.04. The predicted octanol–water partition coefficient (Wildman–Crippen LogP) is 4.05. The number of hydrogen-bond acceptors (Lipinski definition) is 8. The molecule has 0 spiro atoms. The van der Waals surface area contributed by atoms with Gasteiger partial charge in [-0.1, -0.05) is 12.1 Å². The molecule has 9 nitrogen and oxygen atoms in total. The molecule has 0 saturated heterocycles. The van der Waals surface area contributed by atoms with E-state index in [1.54, 1.807) is 42.5 Å². The maximum atomic E-state index is 12.7. The number of oxazole rings is 1. The number of aromatic nitrogens is 1. The van der Waals surface area contributed by atoms with Crippen LogP contribution in [0.2, 0.25) is 0 Å². The van der Waals surface area contributed by atoms with Crippen LogP contribution in [-0.2, 0) is 0 Å². The summed E-state index contributed by atoms with van der Waals surface area (Å²) in [6.07, 6.45) is -1.54. The highest BCUT2D eigenvalue weighted by molar-refractivity contribution is 5.92. The summed E-state index contributed by atoms with van der Waals surface area (Å²) in [5, 5.41) is 28.3. The molecule has 5 aromatic rings. The first-order valence-corrected chi connectivity index (χ1v) is 10.2. The topological polar surface area (TPSA) is 137 Å². The molecule has 0 amide bonds. The number of aliphatic hydroxyl groups is 2. The molecule has 0 aliphatic carbocycles. The minimum absolute atomic E-state index is 0.0422. The Morgan fingerprint density at radius 3 is 2.35 bits per heavy atom. The van der Waals surface area contributed by atoms with Gasteiger partial charge in [0.25, 0.3) is 0 Å². The van der Waals surface area contributed by atoms with E-state index in [1.165, 1.54) is 18.2 Å². The van der Waals surface area contributed by atoms with E-state index >= 15 is 0 Å². The summed E-state index contributed by atoms with van der Waals surface area (Å²) < 4.78 is 11.2. The molecule has 0 saturated carbocycles. The summed E-state index contributed by atoms with van der Waals surface area (Å²) in [7, 11) is 1.84. The minimum atomic E-state index is -1.54. The standard InChI is InChI=1S/C25H18N2O7/c1-27(16-6-2-13(3-7-16)23(28)29)17-8-4-14-10-18(25(32)34-21(14)12-17)22-26-19-11-15(24(30)31)5-9-20(19)33-22/h2-12,23,28-29H,1H3,(H,30,31). The van der Waals surface area contributed by atoms with Crippen LogP contribution in [0.3, 0.4) is 0 Å². The Morgan fingerprint density at radius 1 is 0.912 bits per heavy atom. The molecule has 0 radical (unpaired) electrons. The van der Waals surface area contributed by atoms with E-state index < -0.39 is 17.9 Å². The van der Waals surface area contributed by atoms with Crippen molar-refractivity contribution in [3.8, 4) is 11.5 Å². The number of aliphatic hydroxyl groups excluding tert-OH is 1. The second-order valence-electron chi connectivity index (χ2n) is 7.70.